The Morgan fingerprint density at radius 1 is 1.69 bits per heavy atom. The number of nitrogens with zero attached hydrogens (tertiary/aromatic N) is 1. The second-order valence-corrected chi connectivity index (χ2v) is 4.23. The van der Waals surface area contributed by atoms with Crippen LogP contribution in [-0.4, -0.2) is 16.2 Å². The van der Waals surface area contributed by atoms with Crippen molar-refractivity contribution in [3.63, 3.8) is 0 Å². The Bertz CT molecular complexity index is 291. The molecule has 0 spiro atoms. The first-order valence-electron chi connectivity index (χ1n) is 4.07. The van der Waals surface area contributed by atoms with Gasteiger partial charge in [-0.15, -0.1) is 0 Å². The molecule has 0 aliphatic rings. The zero-order valence-corrected chi connectivity index (χ0v) is 9.64. The van der Waals surface area contributed by atoms with Gasteiger partial charge < -0.3 is 5.11 Å². The van der Waals surface area contributed by atoms with Crippen LogP contribution in [0.5, 0.6) is 0 Å². The van der Waals surface area contributed by atoms with E-state index in [4.69, 9.17) is 16.7 Å². The van der Waals surface area contributed by atoms with Crippen molar-refractivity contribution in [1.82, 2.24) is 4.98 Å². The lowest BCUT2D eigenvalue weighted by atomic mass is 10.1. The van der Waals surface area contributed by atoms with E-state index in [9.17, 15) is 0 Å². The van der Waals surface area contributed by atoms with Crippen molar-refractivity contribution in [2.75, 3.05) is 0 Å². The quantitative estimate of drug-likeness (QED) is 0.852. The highest BCUT2D eigenvalue weighted by Crippen LogP contribution is 2.20. The third-order valence-electron chi connectivity index (χ3n) is 1.73. The van der Waals surface area contributed by atoms with E-state index < -0.39 is 0 Å². The molecule has 72 valence electrons. The molecule has 1 rings (SSSR count). The Labute approximate surface area is 91.1 Å². The molecule has 0 unspecified atom stereocenters. The van der Waals surface area contributed by atoms with Crippen molar-refractivity contribution in [2.24, 2.45) is 0 Å². The van der Waals surface area contributed by atoms with Gasteiger partial charge >= 0.3 is 0 Å². The first-order chi connectivity index (χ1) is 6.09. The number of halogens is 2. The Morgan fingerprint density at radius 2 is 2.38 bits per heavy atom. The highest BCUT2D eigenvalue weighted by atomic mass is 79.9. The molecular formula is C9H11BrClNO. The number of pyridine rings is 1. The first-order valence-corrected chi connectivity index (χ1v) is 5.24. The van der Waals surface area contributed by atoms with Crippen molar-refractivity contribution in [3.05, 3.63) is 27.5 Å². The van der Waals surface area contributed by atoms with Crippen LogP contribution >= 0.6 is 27.5 Å². The Balaban J connectivity index is 2.70. The predicted molar refractivity (Wildman–Crippen MR) is 56.9 cm³/mol. The Hall–Kier alpha value is -0.120. The second kappa shape index (κ2) is 4.94. The summed E-state index contributed by atoms with van der Waals surface area (Å²) in [6, 6.07) is 1.81. The van der Waals surface area contributed by atoms with Crippen LogP contribution in [0.1, 0.15) is 18.9 Å². The van der Waals surface area contributed by atoms with Crippen LogP contribution < -0.4 is 0 Å². The van der Waals surface area contributed by atoms with Gasteiger partial charge in [0.05, 0.1) is 6.10 Å². The van der Waals surface area contributed by atoms with E-state index in [0.29, 0.717) is 5.15 Å². The summed E-state index contributed by atoms with van der Waals surface area (Å²) in [6.07, 6.45) is 2.94. The SMILES string of the molecule is C[C@H](O)CCc1cc(Cl)ncc1Br. The van der Waals surface area contributed by atoms with Gasteiger partial charge in [-0.05, 0) is 47.3 Å². The third-order valence-corrected chi connectivity index (χ3v) is 2.65. The predicted octanol–water partition coefficient (Wildman–Crippen LogP) is 2.81. The topological polar surface area (TPSA) is 33.1 Å². The van der Waals surface area contributed by atoms with Crippen LogP contribution in [0.25, 0.3) is 0 Å². The van der Waals surface area contributed by atoms with E-state index in [0.717, 1.165) is 22.9 Å². The van der Waals surface area contributed by atoms with Crippen molar-refractivity contribution in [1.29, 1.82) is 0 Å². The minimum Gasteiger partial charge on any atom is -0.393 e. The van der Waals surface area contributed by atoms with Gasteiger partial charge in [0.1, 0.15) is 5.15 Å². The molecule has 0 fully saturated rings. The highest BCUT2D eigenvalue weighted by Gasteiger charge is 2.03. The lowest BCUT2D eigenvalue weighted by molar-refractivity contribution is 0.185. The van der Waals surface area contributed by atoms with Gasteiger partial charge in [0.2, 0.25) is 0 Å². The molecule has 0 amide bonds. The summed E-state index contributed by atoms with van der Waals surface area (Å²) in [6.45, 7) is 1.77. The van der Waals surface area contributed by atoms with E-state index in [1.54, 1.807) is 13.1 Å². The van der Waals surface area contributed by atoms with Gasteiger partial charge in [-0.1, -0.05) is 11.6 Å². The Kier molecular flexibility index (Phi) is 4.16. The van der Waals surface area contributed by atoms with Crippen molar-refractivity contribution >= 4 is 27.5 Å². The minimum atomic E-state index is -0.279. The summed E-state index contributed by atoms with van der Waals surface area (Å²) in [5.41, 5.74) is 1.08. The normalized spacial score (nSPS) is 12.9. The number of aliphatic hydroxyl groups excluding tert-OH is 1. The van der Waals surface area contributed by atoms with Gasteiger partial charge in [0.25, 0.3) is 0 Å². The standard InChI is InChI=1S/C9H11BrClNO/c1-6(13)2-3-7-4-9(11)12-5-8(7)10/h4-6,13H,2-3H2,1H3/t6-/m0/s1. The summed E-state index contributed by atoms with van der Waals surface area (Å²) < 4.78 is 0.942. The fourth-order valence-corrected chi connectivity index (χ4v) is 1.60. The molecule has 1 atom stereocenters. The largest absolute Gasteiger partial charge is 0.393 e. The van der Waals surface area contributed by atoms with Crippen LogP contribution in [0.4, 0.5) is 0 Å². The minimum absolute atomic E-state index is 0.279. The molecule has 4 heteroatoms. The number of hydrogen-bond donors (Lipinski definition) is 1. The van der Waals surface area contributed by atoms with Crippen molar-refractivity contribution in [3.8, 4) is 0 Å². The third kappa shape index (κ3) is 3.63. The molecule has 1 heterocycles. The van der Waals surface area contributed by atoms with E-state index in [2.05, 4.69) is 20.9 Å². The fraction of sp³-hybridized carbons (Fsp3) is 0.444. The molecule has 0 saturated carbocycles. The van der Waals surface area contributed by atoms with E-state index in [-0.39, 0.29) is 6.10 Å². The zero-order valence-electron chi connectivity index (χ0n) is 7.30. The number of aliphatic hydroxyl groups is 1. The maximum Gasteiger partial charge on any atom is 0.129 e. The molecule has 1 aromatic rings. The highest BCUT2D eigenvalue weighted by molar-refractivity contribution is 9.10. The van der Waals surface area contributed by atoms with Crippen LogP contribution in [0.2, 0.25) is 5.15 Å². The van der Waals surface area contributed by atoms with Crippen LogP contribution in [0.3, 0.4) is 0 Å². The summed E-state index contributed by atoms with van der Waals surface area (Å²) in [4.78, 5) is 3.92. The van der Waals surface area contributed by atoms with E-state index >= 15 is 0 Å². The molecule has 0 saturated heterocycles. The molecule has 0 aromatic carbocycles. The molecule has 2 nitrogen and oxygen atoms in total. The number of hydrogen-bond acceptors (Lipinski definition) is 2. The number of aromatic nitrogens is 1. The van der Waals surface area contributed by atoms with Crippen LogP contribution in [0.15, 0.2) is 16.7 Å². The fourth-order valence-electron chi connectivity index (χ4n) is 1.01. The lowest BCUT2D eigenvalue weighted by Gasteiger charge is -2.06. The smallest absolute Gasteiger partial charge is 0.129 e. The van der Waals surface area contributed by atoms with Gasteiger partial charge in [-0.25, -0.2) is 4.98 Å². The van der Waals surface area contributed by atoms with Crippen LogP contribution in [-0.2, 0) is 6.42 Å². The first kappa shape index (κ1) is 11.0. The monoisotopic (exact) mass is 263 g/mol. The molecule has 1 N–H and O–H groups in total. The molecule has 0 aliphatic heterocycles. The maximum absolute atomic E-state index is 9.11. The molecule has 0 bridgehead atoms. The van der Waals surface area contributed by atoms with Gasteiger partial charge in [-0.2, -0.15) is 0 Å². The average Bonchev–Trinajstić information content (AvgIpc) is 2.06. The number of aryl methyl sites for hydroxylation is 1. The summed E-state index contributed by atoms with van der Waals surface area (Å²) in [5, 5.41) is 9.60. The van der Waals surface area contributed by atoms with Crippen molar-refractivity contribution in [2.45, 2.75) is 25.9 Å². The summed E-state index contributed by atoms with van der Waals surface area (Å²) >= 11 is 9.12. The molecule has 1 aromatic heterocycles. The Morgan fingerprint density at radius 3 is 3.00 bits per heavy atom. The van der Waals surface area contributed by atoms with Gasteiger partial charge in [0.15, 0.2) is 0 Å². The van der Waals surface area contributed by atoms with Gasteiger partial charge in [0, 0.05) is 10.7 Å². The summed E-state index contributed by atoms with van der Waals surface area (Å²) in [7, 11) is 0. The van der Waals surface area contributed by atoms with Crippen LogP contribution in [0, 0.1) is 0 Å². The second-order valence-electron chi connectivity index (χ2n) is 2.99. The number of rotatable bonds is 3. The molecular weight excluding hydrogens is 253 g/mol. The van der Waals surface area contributed by atoms with E-state index in [1.807, 2.05) is 6.07 Å². The molecule has 0 aliphatic carbocycles. The van der Waals surface area contributed by atoms with Gasteiger partial charge in [-0.3, -0.25) is 0 Å². The maximum atomic E-state index is 9.11. The summed E-state index contributed by atoms with van der Waals surface area (Å²) in [5.74, 6) is 0. The molecule has 0 radical (unpaired) electrons. The van der Waals surface area contributed by atoms with Crippen molar-refractivity contribution < 1.29 is 5.11 Å². The van der Waals surface area contributed by atoms with E-state index in [1.165, 1.54) is 0 Å². The average molecular weight is 265 g/mol. The zero-order chi connectivity index (χ0) is 9.84. The lowest BCUT2D eigenvalue weighted by Crippen LogP contribution is -2.02. The molecule has 13 heavy (non-hydrogen) atoms.